The van der Waals surface area contributed by atoms with Gasteiger partial charge in [-0.15, -0.1) is 0 Å². The third-order valence-corrected chi connectivity index (χ3v) is 4.29. The Kier molecular flexibility index (Phi) is 5.30. The first-order valence-corrected chi connectivity index (χ1v) is 8.48. The van der Waals surface area contributed by atoms with Crippen LogP contribution in [0.5, 0.6) is 0 Å². The summed E-state index contributed by atoms with van der Waals surface area (Å²) in [5.41, 5.74) is 3.17. The maximum absolute atomic E-state index is 4.69. The van der Waals surface area contributed by atoms with E-state index in [1.807, 2.05) is 48.5 Å². The standard InChI is InChI=1S/C21H23N3/c1-3-17(2)24(15-9-12-18-10-5-4-6-11-18)16-21-22-19-13-7-8-14-20(19)23-21/h4-8,10-11,13-14,17H,3,15-16H2,1-2H3,(H,22,23). The molecule has 0 saturated carbocycles. The van der Waals surface area contributed by atoms with Gasteiger partial charge < -0.3 is 4.98 Å². The van der Waals surface area contributed by atoms with Crippen molar-refractivity contribution in [3.8, 4) is 11.8 Å². The van der Waals surface area contributed by atoms with Crippen LogP contribution in [-0.2, 0) is 6.54 Å². The Bertz CT molecular complexity index is 806. The first kappa shape index (κ1) is 16.3. The number of H-pyrrole nitrogens is 1. The van der Waals surface area contributed by atoms with Crippen molar-refractivity contribution in [2.45, 2.75) is 32.9 Å². The maximum atomic E-state index is 4.69. The second kappa shape index (κ2) is 7.81. The van der Waals surface area contributed by atoms with Gasteiger partial charge in [0.2, 0.25) is 0 Å². The Morgan fingerprint density at radius 2 is 1.83 bits per heavy atom. The van der Waals surface area contributed by atoms with Crippen LogP contribution in [0, 0.1) is 11.8 Å². The van der Waals surface area contributed by atoms with E-state index in [0.717, 1.165) is 41.9 Å². The fraction of sp³-hybridized carbons (Fsp3) is 0.286. The summed E-state index contributed by atoms with van der Waals surface area (Å²) in [4.78, 5) is 10.5. The second-order valence-electron chi connectivity index (χ2n) is 6.03. The van der Waals surface area contributed by atoms with Crippen LogP contribution in [0.15, 0.2) is 54.6 Å². The van der Waals surface area contributed by atoms with Gasteiger partial charge in [0.15, 0.2) is 0 Å². The van der Waals surface area contributed by atoms with Gasteiger partial charge in [-0.3, -0.25) is 4.90 Å². The van der Waals surface area contributed by atoms with Crippen molar-refractivity contribution in [1.82, 2.24) is 14.9 Å². The van der Waals surface area contributed by atoms with E-state index in [1.54, 1.807) is 0 Å². The molecule has 3 nitrogen and oxygen atoms in total. The molecule has 0 bridgehead atoms. The molecule has 0 radical (unpaired) electrons. The minimum atomic E-state index is 0.461. The number of para-hydroxylation sites is 2. The van der Waals surface area contributed by atoms with Gasteiger partial charge in [0, 0.05) is 11.6 Å². The van der Waals surface area contributed by atoms with E-state index in [1.165, 1.54) is 0 Å². The summed E-state index contributed by atoms with van der Waals surface area (Å²) in [6.45, 7) is 5.97. The van der Waals surface area contributed by atoms with Crippen LogP contribution in [0.2, 0.25) is 0 Å². The molecule has 0 aliphatic heterocycles. The number of hydrogen-bond acceptors (Lipinski definition) is 2. The van der Waals surface area contributed by atoms with Gasteiger partial charge in [-0.25, -0.2) is 4.98 Å². The summed E-state index contributed by atoms with van der Waals surface area (Å²) in [6, 6.07) is 18.7. The summed E-state index contributed by atoms with van der Waals surface area (Å²) < 4.78 is 0. The third-order valence-electron chi connectivity index (χ3n) is 4.29. The monoisotopic (exact) mass is 317 g/mol. The molecule has 1 unspecified atom stereocenters. The largest absolute Gasteiger partial charge is 0.341 e. The number of nitrogens with zero attached hydrogens (tertiary/aromatic N) is 2. The normalized spacial score (nSPS) is 12.1. The van der Waals surface area contributed by atoms with Crippen LogP contribution in [-0.4, -0.2) is 27.5 Å². The average Bonchev–Trinajstić information content (AvgIpc) is 3.03. The number of aromatic nitrogens is 2. The molecule has 0 spiro atoms. The number of nitrogens with one attached hydrogen (secondary N) is 1. The smallest absolute Gasteiger partial charge is 0.121 e. The van der Waals surface area contributed by atoms with Gasteiger partial charge in [-0.2, -0.15) is 0 Å². The first-order valence-electron chi connectivity index (χ1n) is 8.48. The molecule has 0 saturated heterocycles. The first-order chi connectivity index (χ1) is 11.8. The molecule has 3 aromatic rings. The Morgan fingerprint density at radius 3 is 2.58 bits per heavy atom. The molecule has 1 atom stereocenters. The van der Waals surface area contributed by atoms with Gasteiger partial charge in [0.1, 0.15) is 5.82 Å². The molecule has 1 aromatic heterocycles. The lowest BCUT2D eigenvalue weighted by atomic mass is 10.2. The lowest BCUT2D eigenvalue weighted by molar-refractivity contribution is 0.216. The van der Waals surface area contributed by atoms with Gasteiger partial charge in [-0.05, 0) is 37.6 Å². The van der Waals surface area contributed by atoms with E-state index < -0.39 is 0 Å². The molecule has 3 rings (SSSR count). The van der Waals surface area contributed by atoms with Gasteiger partial charge in [0.25, 0.3) is 0 Å². The third kappa shape index (κ3) is 4.04. The fourth-order valence-corrected chi connectivity index (χ4v) is 2.66. The van der Waals surface area contributed by atoms with E-state index in [2.05, 4.69) is 41.6 Å². The number of fused-ring (bicyclic) bond motifs is 1. The number of benzene rings is 2. The van der Waals surface area contributed by atoms with Crippen molar-refractivity contribution in [2.75, 3.05) is 6.54 Å². The maximum Gasteiger partial charge on any atom is 0.121 e. The quantitative estimate of drug-likeness (QED) is 0.715. The van der Waals surface area contributed by atoms with Crippen molar-refractivity contribution < 1.29 is 0 Å². The SMILES string of the molecule is CCC(C)N(CC#Cc1ccccc1)Cc1nc2ccccc2[nH]1. The summed E-state index contributed by atoms with van der Waals surface area (Å²) >= 11 is 0. The number of imidazole rings is 1. The molecule has 1 heterocycles. The van der Waals surface area contributed by atoms with Gasteiger partial charge in [0.05, 0.1) is 24.1 Å². The van der Waals surface area contributed by atoms with Crippen molar-refractivity contribution in [3.63, 3.8) is 0 Å². The van der Waals surface area contributed by atoms with E-state index >= 15 is 0 Å². The van der Waals surface area contributed by atoms with E-state index in [-0.39, 0.29) is 0 Å². The topological polar surface area (TPSA) is 31.9 Å². The Balaban J connectivity index is 1.73. The Morgan fingerprint density at radius 1 is 1.08 bits per heavy atom. The fourth-order valence-electron chi connectivity index (χ4n) is 2.66. The summed E-state index contributed by atoms with van der Waals surface area (Å²) in [7, 11) is 0. The van der Waals surface area contributed by atoms with Gasteiger partial charge >= 0.3 is 0 Å². The average molecular weight is 317 g/mol. The van der Waals surface area contributed by atoms with E-state index in [9.17, 15) is 0 Å². The van der Waals surface area contributed by atoms with Crippen LogP contribution < -0.4 is 0 Å². The predicted octanol–water partition coefficient (Wildman–Crippen LogP) is 4.22. The van der Waals surface area contributed by atoms with Crippen LogP contribution >= 0.6 is 0 Å². The molecule has 24 heavy (non-hydrogen) atoms. The lowest BCUT2D eigenvalue weighted by Gasteiger charge is -2.25. The molecular formula is C21H23N3. The van der Waals surface area contributed by atoms with E-state index in [0.29, 0.717) is 6.04 Å². The van der Waals surface area contributed by atoms with Crippen molar-refractivity contribution >= 4 is 11.0 Å². The summed E-state index contributed by atoms with van der Waals surface area (Å²) in [5, 5.41) is 0. The minimum Gasteiger partial charge on any atom is -0.341 e. The zero-order chi connectivity index (χ0) is 16.8. The highest BCUT2D eigenvalue weighted by molar-refractivity contribution is 5.74. The van der Waals surface area contributed by atoms with Gasteiger partial charge in [-0.1, -0.05) is 49.1 Å². The van der Waals surface area contributed by atoms with E-state index in [4.69, 9.17) is 4.98 Å². The Hall–Kier alpha value is -2.57. The molecule has 2 aromatic carbocycles. The molecule has 0 fully saturated rings. The molecule has 1 N–H and O–H groups in total. The lowest BCUT2D eigenvalue weighted by Crippen LogP contribution is -2.32. The minimum absolute atomic E-state index is 0.461. The second-order valence-corrected chi connectivity index (χ2v) is 6.03. The predicted molar refractivity (Wildman–Crippen MR) is 99.6 cm³/mol. The Labute approximate surface area is 143 Å². The highest BCUT2D eigenvalue weighted by atomic mass is 15.2. The molecular weight excluding hydrogens is 294 g/mol. The zero-order valence-corrected chi connectivity index (χ0v) is 14.3. The number of hydrogen-bond donors (Lipinski definition) is 1. The van der Waals surface area contributed by atoms with Crippen LogP contribution in [0.25, 0.3) is 11.0 Å². The van der Waals surface area contributed by atoms with Crippen molar-refractivity contribution in [3.05, 3.63) is 66.0 Å². The summed E-state index contributed by atoms with van der Waals surface area (Å²) in [5.74, 6) is 7.55. The summed E-state index contributed by atoms with van der Waals surface area (Å²) in [6.07, 6.45) is 1.09. The van der Waals surface area contributed by atoms with Crippen LogP contribution in [0.1, 0.15) is 31.7 Å². The highest BCUT2D eigenvalue weighted by Gasteiger charge is 2.13. The van der Waals surface area contributed by atoms with Crippen LogP contribution in [0.3, 0.4) is 0 Å². The molecule has 0 aliphatic carbocycles. The highest BCUT2D eigenvalue weighted by Crippen LogP contribution is 2.13. The number of rotatable bonds is 5. The molecule has 0 amide bonds. The van der Waals surface area contributed by atoms with Crippen molar-refractivity contribution in [2.24, 2.45) is 0 Å². The number of aromatic amines is 1. The van der Waals surface area contributed by atoms with Crippen molar-refractivity contribution in [1.29, 1.82) is 0 Å². The zero-order valence-electron chi connectivity index (χ0n) is 14.3. The molecule has 122 valence electrons. The van der Waals surface area contributed by atoms with Crippen LogP contribution in [0.4, 0.5) is 0 Å². The molecule has 3 heteroatoms. The molecule has 0 aliphatic rings.